The molecule has 7 heteroatoms. The van der Waals surface area contributed by atoms with Crippen molar-refractivity contribution < 1.29 is 9.90 Å². The third-order valence-electron chi connectivity index (χ3n) is 4.79. The highest BCUT2D eigenvalue weighted by molar-refractivity contribution is 6.31. The van der Waals surface area contributed by atoms with Crippen LogP contribution in [0.2, 0.25) is 5.02 Å². The molecule has 0 bridgehead atoms. The molecule has 1 saturated heterocycles. The third-order valence-corrected chi connectivity index (χ3v) is 5.03. The fourth-order valence-corrected chi connectivity index (χ4v) is 3.29. The van der Waals surface area contributed by atoms with Crippen molar-refractivity contribution in [3.63, 3.8) is 0 Å². The van der Waals surface area contributed by atoms with Gasteiger partial charge in [0, 0.05) is 24.7 Å². The molecule has 2 heterocycles. The van der Waals surface area contributed by atoms with Crippen LogP contribution in [-0.2, 0) is 0 Å². The number of fused-ring (bicyclic) bond motifs is 1. The molecule has 0 radical (unpaired) electrons. The molecule has 0 saturated carbocycles. The molecular weight excluding hydrogens is 328 g/mol. The minimum Gasteiger partial charge on any atom is -0.465 e. The lowest BCUT2D eigenvalue weighted by atomic mass is 9.77. The molecule has 0 unspecified atom stereocenters. The van der Waals surface area contributed by atoms with Gasteiger partial charge in [-0.15, -0.1) is 0 Å². The van der Waals surface area contributed by atoms with Crippen LogP contribution < -0.4 is 10.2 Å². The van der Waals surface area contributed by atoms with Gasteiger partial charge in [0.15, 0.2) is 0 Å². The van der Waals surface area contributed by atoms with Crippen LogP contribution in [-0.4, -0.2) is 40.8 Å². The normalized spacial score (nSPS) is 17.0. The molecule has 1 fully saturated rings. The molecule has 24 heavy (non-hydrogen) atoms. The highest BCUT2D eigenvalue weighted by Gasteiger charge is 2.30. The number of rotatable bonds is 4. The number of anilines is 1. The molecule has 2 N–H and O–H groups in total. The van der Waals surface area contributed by atoms with E-state index in [9.17, 15) is 4.79 Å². The molecule has 0 spiro atoms. The molecule has 0 atom stereocenters. The Morgan fingerprint density at radius 3 is 2.83 bits per heavy atom. The molecule has 6 nitrogen and oxygen atoms in total. The molecule has 1 aliphatic heterocycles. The maximum atomic E-state index is 10.6. The Morgan fingerprint density at radius 2 is 2.12 bits per heavy atom. The second-order valence-corrected chi connectivity index (χ2v) is 7.08. The highest BCUT2D eigenvalue weighted by Crippen LogP contribution is 2.35. The molecule has 3 rings (SSSR count). The number of benzene rings is 1. The zero-order valence-corrected chi connectivity index (χ0v) is 14.4. The lowest BCUT2D eigenvalue weighted by Crippen LogP contribution is -2.40. The fraction of sp³-hybridized carbons (Fsp3) is 0.471. The van der Waals surface area contributed by atoms with Crippen LogP contribution in [0, 0.1) is 5.41 Å². The molecule has 1 amide bonds. The topological polar surface area (TPSA) is 78.4 Å². The van der Waals surface area contributed by atoms with Crippen molar-refractivity contribution in [3.05, 3.63) is 29.4 Å². The van der Waals surface area contributed by atoms with Gasteiger partial charge in [-0.2, -0.15) is 0 Å². The van der Waals surface area contributed by atoms with Crippen molar-refractivity contribution in [1.82, 2.24) is 15.3 Å². The zero-order chi connectivity index (χ0) is 17.2. The summed E-state index contributed by atoms with van der Waals surface area (Å²) in [6.45, 7) is 4.53. The van der Waals surface area contributed by atoms with E-state index in [4.69, 9.17) is 16.7 Å². The number of piperidine rings is 1. The Morgan fingerprint density at radius 1 is 1.38 bits per heavy atom. The Balaban J connectivity index is 1.64. The highest BCUT2D eigenvalue weighted by atomic mass is 35.5. The molecule has 1 aliphatic rings. The zero-order valence-electron chi connectivity index (χ0n) is 13.6. The van der Waals surface area contributed by atoms with E-state index in [1.54, 1.807) is 6.20 Å². The van der Waals surface area contributed by atoms with E-state index < -0.39 is 6.09 Å². The van der Waals surface area contributed by atoms with Gasteiger partial charge in [0.05, 0.1) is 17.2 Å². The monoisotopic (exact) mass is 348 g/mol. The summed E-state index contributed by atoms with van der Waals surface area (Å²) < 4.78 is 0. The lowest BCUT2D eigenvalue weighted by molar-refractivity contribution is 0.186. The van der Waals surface area contributed by atoms with Crippen molar-refractivity contribution in [2.75, 3.05) is 24.5 Å². The first-order valence-corrected chi connectivity index (χ1v) is 8.47. The van der Waals surface area contributed by atoms with Crippen LogP contribution in [0.1, 0.15) is 26.2 Å². The van der Waals surface area contributed by atoms with E-state index in [0.717, 1.165) is 49.2 Å². The van der Waals surface area contributed by atoms with Crippen LogP contribution in [0.4, 0.5) is 10.6 Å². The summed E-state index contributed by atoms with van der Waals surface area (Å²) in [5.74, 6) is 0.885. The second kappa shape index (κ2) is 6.81. The standard InChI is InChI=1S/C17H21ClN4O2/c1-17(4-7-19-16(23)24)5-8-22(9-6-17)15-11-20-14-10-12(18)2-3-13(14)21-15/h2-3,10-11,19H,4-9H2,1H3,(H,23,24). The number of halogens is 1. The van der Waals surface area contributed by atoms with E-state index in [1.165, 1.54) is 0 Å². The maximum Gasteiger partial charge on any atom is 0.404 e. The summed E-state index contributed by atoms with van der Waals surface area (Å²) in [5.41, 5.74) is 1.81. The SMILES string of the molecule is CC1(CCNC(=O)O)CCN(c2cnc3cc(Cl)ccc3n2)CC1. The van der Waals surface area contributed by atoms with Gasteiger partial charge in [-0.3, -0.25) is 4.98 Å². The average Bonchev–Trinajstić information content (AvgIpc) is 2.54. The summed E-state index contributed by atoms with van der Waals surface area (Å²) in [4.78, 5) is 22.0. The van der Waals surface area contributed by atoms with E-state index in [0.29, 0.717) is 11.6 Å². The van der Waals surface area contributed by atoms with Crippen LogP contribution >= 0.6 is 11.6 Å². The first-order valence-electron chi connectivity index (χ1n) is 8.09. The van der Waals surface area contributed by atoms with Crippen molar-refractivity contribution in [3.8, 4) is 0 Å². The minimum atomic E-state index is -0.956. The summed E-state index contributed by atoms with van der Waals surface area (Å²) >= 11 is 5.98. The first kappa shape index (κ1) is 16.8. The van der Waals surface area contributed by atoms with Crippen LogP contribution in [0.15, 0.2) is 24.4 Å². The molecule has 128 valence electrons. The lowest BCUT2D eigenvalue weighted by Gasteiger charge is -2.40. The van der Waals surface area contributed by atoms with Gasteiger partial charge >= 0.3 is 6.09 Å². The number of carboxylic acid groups (broad SMARTS) is 1. The van der Waals surface area contributed by atoms with E-state index >= 15 is 0 Å². The minimum absolute atomic E-state index is 0.163. The van der Waals surface area contributed by atoms with Crippen molar-refractivity contribution in [2.45, 2.75) is 26.2 Å². The Kier molecular flexibility index (Phi) is 4.76. The molecule has 2 aromatic rings. The van der Waals surface area contributed by atoms with Gasteiger partial charge in [0.2, 0.25) is 0 Å². The second-order valence-electron chi connectivity index (χ2n) is 6.64. The number of hydrogen-bond acceptors (Lipinski definition) is 4. The Hall–Kier alpha value is -2.08. The van der Waals surface area contributed by atoms with Gasteiger partial charge in [-0.1, -0.05) is 18.5 Å². The first-order chi connectivity index (χ1) is 11.5. The van der Waals surface area contributed by atoms with Gasteiger partial charge in [-0.05, 0) is 42.9 Å². The van der Waals surface area contributed by atoms with E-state index in [1.807, 2.05) is 18.2 Å². The summed E-state index contributed by atoms with van der Waals surface area (Å²) in [6.07, 6.45) is 3.72. The van der Waals surface area contributed by atoms with Crippen molar-refractivity contribution >= 4 is 34.5 Å². The molecular formula is C17H21ClN4O2. The number of nitrogens with one attached hydrogen (secondary N) is 1. The predicted octanol–water partition coefficient (Wildman–Crippen LogP) is 3.55. The Bertz CT molecular complexity index is 744. The quantitative estimate of drug-likeness (QED) is 0.883. The predicted molar refractivity (Wildman–Crippen MR) is 94.7 cm³/mol. The van der Waals surface area contributed by atoms with Gasteiger partial charge in [0.25, 0.3) is 0 Å². The van der Waals surface area contributed by atoms with Gasteiger partial charge < -0.3 is 15.3 Å². The van der Waals surface area contributed by atoms with E-state index in [2.05, 4.69) is 27.1 Å². The van der Waals surface area contributed by atoms with Crippen LogP contribution in [0.3, 0.4) is 0 Å². The Labute approximate surface area is 145 Å². The number of aromatic nitrogens is 2. The largest absolute Gasteiger partial charge is 0.465 e. The summed E-state index contributed by atoms with van der Waals surface area (Å²) in [5, 5.41) is 11.8. The average molecular weight is 349 g/mol. The van der Waals surface area contributed by atoms with Crippen LogP contribution in [0.5, 0.6) is 0 Å². The molecule has 1 aromatic carbocycles. The maximum absolute atomic E-state index is 10.6. The molecule has 1 aromatic heterocycles. The number of nitrogens with zero attached hydrogens (tertiary/aromatic N) is 3. The summed E-state index contributed by atoms with van der Waals surface area (Å²) in [6, 6.07) is 5.53. The van der Waals surface area contributed by atoms with Gasteiger partial charge in [-0.25, -0.2) is 9.78 Å². The number of amides is 1. The van der Waals surface area contributed by atoms with Crippen LogP contribution in [0.25, 0.3) is 11.0 Å². The molecule has 0 aliphatic carbocycles. The van der Waals surface area contributed by atoms with Crippen molar-refractivity contribution in [2.24, 2.45) is 5.41 Å². The van der Waals surface area contributed by atoms with Crippen molar-refractivity contribution in [1.29, 1.82) is 0 Å². The number of carbonyl (C=O) groups is 1. The summed E-state index contributed by atoms with van der Waals surface area (Å²) in [7, 11) is 0. The smallest absolute Gasteiger partial charge is 0.404 e. The van der Waals surface area contributed by atoms with Gasteiger partial charge in [0.1, 0.15) is 5.82 Å². The fourth-order valence-electron chi connectivity index (χ4n) is 3.12. The number of hydrogen-bond donors (Lipinski definition) is 2. The third kappa shape index (κ3) is 3.87. The van der Waals surface area contributed by atoms with E-state index in [-0.39, 0.29) is 5.41 Å².